The minimum absolute atomic E-state index is 0.290. The molecule has 2 saturated heterocycles. The summed E-state index contributed by atoms with van der Waals surface area (Å²) in [5, 5.41) is 0.782. The summed E-state index contributed by atoms with van der Waals surface area (Å²) in [5.41, 5.74) is 1.23. The minimum Gasteiger partial charge on any atom is -0.381 e. The molecule has 120 valence electrons. The van der Waals surface area contributed by atoms with Crippen molar-refractivity contribution in [3.05, 3.63) is 34.9 Å². The molecular formula is C17H23ClN2O2. The third kappa shape index (κ3) is 4.22. The van der Waals surface area contributed by atoms with Crippen LogP contribution in [0.1, 0.15) is 18.4 Å². The van der Waals surface area contributed by atoms with Crippen LogP contribution in [-0.4, -0.2) is 55.1 Å². The van der Waals surface area contributed by atoms with Gasteiger partial charge in [0.2, 0.25) is 5.91 Å². The molecule has 1 unspecified atom stereocenters. The Morgan fingerprint density at radius 3 is 2.77 bits per heavy atom. The van der Waals surface area contributed by atoms with Crippen LogP contribution in [0.3, 0.4) is 0 Å². The van der Waals surface area contributed by atoms with E-state index in [-0.39, 0.29) is 5.91 Å². The first kappa shape index (κ1) is 15.8. The van der Waals surface area contributed by atoms with Crippen molar-refractivity contribution in [1.82, 2.24) is 9.80 Å². The Hall–Kier alpha value is -1.10. The van der Waals surface area contributed by atoms with E-state index in [1.165, 1.54) is 5.56 Å². The quantitative estimate of drug-likeness (QED) is 0.853. The Kier molecular flexibility index (Phi) is 5.34. The van der Waals surface area contributed by atoms with Crippen molar-refractivity contribution in [3.63, 3.8) is 0 Å². The number of hydrogen-bond acceptors (Lipinski definition) is 3. The highest BCUT2D eigenvalue weighted by Gasteiger charge is 2.25. The number of halogens is 1. The Balaban J connectivity index is 1.44. The lowest BCUT2D eigenvalue weighted by Crippen LogP contribution is -2.48. The molecule has 5 heteroatoms. The van der Waals surface area contributed by atoms with E-state index in [9.17, 15) is 4.79 Å². The number of piperazine rings is 1. The number of carbonyl (C=O) groups excluding carboxylic acids is 1. The number of benzene rings is 1. The summed E-state index contributed by atoms with van der Waals surface area (Å²) >= 11 is 6.03. The van der Waals surface area contributed by atoms with Crippen molar-refractivity contribution in [1.29, 1.82) is 0 Å². The molecule has 2 fully saturated rings. The second kappa shape index (κ2) is 7.44. The fraction of sp³-hybridized carbons (Fsp3) is 0.588. The maximum atomic E-state index is 12.3. The predicted molar refractivity (Wildman–Crippen MR) is 86.9 cm³/mol. The number of carbonyl (C=O) groups is 1. The molecule has 2 aliphatic heterocycles. The normalized spacial score (nSPS) is 23.0. The first-order chi connectivity index (χ1) is 10.7. The fourth-order valence-electron chi connectivity index (χ4n) is 3.17. The van der Waals surface area contributed by atoms with E-state index in [1.807, 2.05) is 23.1 Å². The van der Waals surface area contributed by atoms with Gasteiger partial charge >= 0.3 is 0 Å². The first-order valence-electron chi connectivity index (χ1n) is 8.03. The second-order valence-corrected chi connectivity index (χ2v) is 6.66. The zero-order valence-corrected chi connectivity index (χ0v) is 13.6. The van der Waals surface area contributed by atoms with Crippen LogP contribution in [0.4, 0.5) is 0 Å². The summed E-state index contributed by atoms with van der Waals surface area (Å²) in [6, 6.07) is 8.00. The van der Waals surface area contributed by atoms with E-state index >= 15 is 0 Å². The number of ether oxygens (including phenoxy) is 1. The highest BCUT2D eigenvalue weighted by atomic mass is 35.5. The molecule has 0 spiro atoms. The van der Waals surface area contributed by atoms with Crippen LogP contribution in [0.25, 0.3) is 0 Å². The zero-order chi connectivity index (χ0) is 15.4. The van der Waals surface area contributed by atoms with Crippen LogP contribution in [0, 0.1) is 5.92 Å². The van der Waals surface area contributed by atoms with Crippen LogP contribution in [0.2, 0.25) is 5.02 Å². The Bertz CT molecular complexity index is 509. The van der Waals surface area contributed by atoms with E-state index in [2.05, 4.69) is 11.0 Å². The van der Waals surface area contributed by atoms with E-state index < -0.39 is 0 Å². The van der Waals surface area contributed by atoms with Gasteiger partial charge in [-0.25, -0.2) is 0 Å². The van der Waals surface area contributed by atoms with Crippen molar-refractivity contribution in [3.8, 4) is 0 Å². The van der Waals surface area contributed by atoms with Gasteiger partial charge < -0.3 is 9.64 Å². The molecule has 1 atom stereocenters. The Morgan fingerprint density at radius 2 is 2.09 bits per heavy atom. The van der Waals surface area contributed by atoms with Gasteiger partial charge in [0.05, 0.1) is 0 Å². The van der Waals surface area contributed by atoms with E-state index in [1.54, 1.807) is 0 Å². The van der Waals surface area contributed by atoms with E-state index in [4.69, 9.17) is 16.3 Å². The van der Waals surface area contributed by atoms with Gasteiger partial charge in [-0.05, 0) is 30.0 Å². The Labute approximate surface area is 137 Å². The summed E-state index contributed by atoms with van der Waals surface area (Å²) in [7, 11) is 0. The SMILES string of the molecule is O=C(CC1CCOC1)N1CCN(Cc2cccc(Cl)c2)CC1. The number of rotatable bonds is 4. The van der Waals surface area contributed by atoms with Gasteiger partial charge in [-0.1, -0.05) is 23.7 Å². The third-order valence-corrected chi connectivity index (χ3v) is 4.74. The van der Waals surface area contributed by atoms with Crippen LogP contribution in [0.5, 0.6) is 0 Å². The van der Waals surface area contributed by atoms with Crippen LogP contribution in [0.15, 0.2) is 24.3 Å². The van der Waals surface area contributed by atoms with Crippen LogP contribution < -0.4 is 0 Å². The minimum atomic E-state index is 0.290. The monoisotopic (exact) mass is 322 g/mol. The predicted octanol–water partition coefficient (Wildman–Crippen LogP) is 2.41. The van der Waals surface area contributed by atoms with E-state index in [0.29, 0.717) is 12.3 Å². The van der Waals surface area contributed by atoms with Gasteiger partial charge in [-0.3, -0.25) is 9.69 Å². The van der Waals surface area contributed by atoms with E-state index in [0.717, 1.165) is 57.4 Å². The zero-order valence-electron chi connectivity index (χ0n) is 12.8. The summed E-state index contributed by atoms with van der Waals surface area (Å²) in [4.78, 5) is 16.7. The lowest BCUT2D eigenvalue weighted by molar-refractivity contribution is -0.134. The molecule has 22 heavy (non-hydrogen) atoms. The number of nitrogens with zero attached hydrogens (tertiary/aromatic N) is 2. The molecule has 1 aromatic carbocycles. The van der Waals surface area contributed by atoms with Crippen molar-refractivity contribution in [2.45, 2.75) is 19.4 Å². The molecule has 0 radical (unpaired) electrons. The highest BCUT2D eigenvalue weighted by Crippen LogP contribution is 2.19. The van der Waals surface area contributed by atoms with Crippen LogP contribution in [-0.2, 0) is 16.1 Å². The average Bonchev–Trinajstić information content (AvgIpc) is 3.01. The summed E-state index contributed by atoms with van der Waals surface area (Å²) in [6.45, 7) is 5.98. The maximum absolute atomic E-state index is 12.3. The Morgan fingerprint density at radius 1 is 1.27 bits per heavy atom. The fourth-order valence-corrected chi connectivity index (χ4v) is 3.38. The lowest BCUT2D eigenvalue weighted by Gasteiger charge is -2.35. The third-order valence-electron chi connectivity index (χ3n) is 4.51. The molecule has 1 aromatic rings. The topological polar surface area (TPSA) is 32.8 Å². The molecule has 0 bridgehead atoms. The van der Waals surface area contributed by atoms with Crippen molar-refractivity contribution in [2.75, 3.05) is 39.4 Å². The molecule has 1 amide bonds. The number of hydrogen-bond donors (Lipinski definition) is 0. The molecule has 0 saturated carbocycles. The van der Waals surface area contributed by atoms with Gasteiger partial charge in [0.25, 0.3) is 0 Å². The average molecular weight is 323 g/mol. The van der Waals surface area contributed by atoms with Gasteiger partial charge in [0, 0.05) is 57.4 Å². The summed E-state index contributed by atoms with van der Waals surface area (Å²) in [5.74, 6) is 0.717. The molecule has 0 aromatic heterocycles. The molecule has 0 aliphatic carbocycles. The second-order valence-electron chi connectivity index (χ2n) is 6.22. The van der Waals surface area contributed by atoms with Gasteiger partial charge in [-0.2, -0.15) is 0 Å². The van der Waals surface area contributed by atoms with Gasteiger partial charge in [0.15, 0.2) is 0 Å². The van der Waals surface area contributed by atoms with Crippen LogP contribution >= 0.6 is 11.6 Å². The lowest BCUT2D eigenvalue weighted by atomic mass is 10.0. The summed E-state index contributed by atoms with van der Waals surface area (Å²) in [6.07, 6.45) is 1.68. The smallest absolute Gasteiger partial charge is 0.223 e. The first-order valence-corrected chi connectivity index (χ1v) is 8.41. The molecule has 3 rings (SSSR count). The number of amides is 1. The van der Waals surface area contributed by atoms with Crippen molar-refractivity contribution in [2.24, 2.45) is 5.92 Å². The van der Waals surface area contributed by atoms with Crippen molar-refractivity contribution >= 4 is 17.5 Å². The highest BCUT2D eigenvalue weighted by molar-refractivity contribution is 6.30. The molecule has 2 aliphatic rings. The molecule has 0 N–H and O–H groups in total. The largest absolute Gasteiger partial charge is 0.381 e. The van der Waals surface area contributed by atoms with Gasteiger partial charge in [0.1, 0.15) is 0 Å². The molecule has 2 heterocycles. The molecular weight excluding hydrogens is 300 g/mol. The maximum Gasteiger partial charge on any atom is 0.223 e. The standard InChI is InChI=1S/C17H23ClN2O2/c18-16-3-1-2-14(10-16)12-19-5-7-20(8-6-19)17(21)11-15-4-9-22-13-15/h1-3,10,15H,4-9,11-13H2. The molecule has 4 nitrogen and oxygen atoms in total. The van der Waals surface area contributed by atoms with Crippen molar-refractivity contribution < 1.29 is 9.53 Å². The summed E-state index contributed by atoms with van der Waals surface area (Å²) < 4.78 is 5.35. The van der Waals surface area contributed by atoms with Gasteiger partial charge in [-0.15, -0.1) is 0 Å².